The predicted molar refractivity (Wildman–Crippen MR) is 103 cm³/mol. The number of aromatic nitrogens is 3. The molecule has 1 saturated heterocycles. The second kappa shape index (κ2) is 8.28. The topological polar surface area (TPSA) is 89.5 Å². The predicted octanol–water partition coefficient (Wildman–Crippen LogP) is 2.56. The van der Waals surface area contributed by atoms with Crippen molar-refractivity contribution in [2.24, 2.45) is 0 Å². The normalized spacial score (nSPS) is 17.8. The van der Waals surface area contributed by atoms with Crippen molar-refractivity contribution in [3.63, 3.8) is 0 Å². The first-order chi connectivity index (χ1) is 12.9. The summed E-state index contributed by atoms with van der Waals surface area (Å²) in [7, 11) is 1.55. The van der Waals surface area contributed by atoms with E-state index in [2.05, 4.69) is 20.5 Å². The Labute approximate surface area is 162 Å². The molecule has 0 aliphatic carbocycles. The fraction of sp³-hybridized carbons (Fsp3) is 0.556. The monoisotopic (exact) mass is 391 g/mol. The molecule has 2 aromatic heterocycles. The van der Waals surface area contributed by atoms with Gasteiger partial charge in [-0.25, -0.2) is 4.98 Å². The first-order valence-corrected chi connectivity index (χ1v) is 9.77. The second-order valence-electron chi connectivity index (χ2n) is 6.75. The maximum Gasteiger partial charge on any atom is 0.254 e. The molecule has 0 spiro atoms. The third kappa shape index (κ3) is 4.60. The number of amides is 1. The van der Waals surface area contributed by atoms with Crippen LogP contribution in [0.5, 0.6) is 0 Å². The van der Waals surface area contributed by atoms with Gasteiger partial charge in [0.25, 0.3) is 5.91 Å². The van der Waals surface area contributed by atoms with Crippen LogP contribution in [-0.4, -0.2) is 58.4 Å². The van der Waals surface area contributed by atoms with Crippen LogP contribution in [0.15, 0.2) is 18.2 Å². The summed E-state index contributed by atoms with van der Waals surface area (Å²) in [6.07, 6.45) is 0.572. The summed E-state index contributed by atoms with van der Waals surface area (Å²) in [4.78, 5) is 19.1. The second-order valence-corrected chi connectivity index (χ2v) is 7.81. The lowest BCUT2D eigenvalue weighted by atomic mass is 10.1. The Morgan fingerprint density at radius 3 is 2.96 bits per heavy atom. The van der Waals surface area contributed by atoms with Crippen molar-refractivity contribution in [1.82, 2.24) is 20.1 Å². The highest BCUT2D eigenvalue weighted by Crippen LogP contribution is 2.26. The zero-order valence-electron chi connectivity index (χ0n) is 16.1. The molecule has 27 heavy (non-hydrogen) atoms. The summed E-state index contributed by atoms with van der Waals surface area (Å²) in [5.74, 6) is 0.629. The van der Waals surface area contributed by atoms with Crippen molar-refractivity contribution in [3.05, 3.63) is 28.9 Å². The quantitative estimate of drug-likeness (QED) is 0.809. The van der Waals surface area contributed by atoms with Gasteiger partial charge in [0.15, 0.2) is 0 Å². The van der Waals surface area contributed by atoms with E-state index in [1.807, 2.05) is 25.1 Å². The zero-order valence-corrected chi connectivity index (χ0v) is 16.9. The number of aryl methyl sites for hydroxylation is 1. The van der Waals surface area contributed by atoms with Gasteiger partial charge < -0.3 is 19.7 Å². The highest BCUT2D eigenvalue weighted by Gasteiger charge is 2.35. The molecule has 1 fully saturated rings. The number of rotatable bonds is 6. The van der Waals surface area contributed by atoms with Crippen molar-refractivity contribution in [1.29, 1.82) is 0 Å². The van der Waals surface area contributed by atoms with Crippen LogP contribution in [0.4, 0.5) is 10.9 Å². The van der Waals surface area contributed by atoms with Crippen molar-refractivity contribution < 1.29 is 14.3 Å². The van der Waals surface area contributed by atoms with Crippen molar-refractivity contribution >= 4 is 28.2 Å². The summed E-state index contributed by atoms with van der Waals surface area (Å²) < 4.78 is 11.2. The van der Waals surface area contributed by atoms with Gasteiger partial charge in [0.05, 0.1) is 18.8 Å². The molecule has 0 bridgehead atoms. The number of methoxy groups -OCH3 is 1. The van der Waals surface area contributed by atoms with Crippen LogP contribution in [0.2, 0.25) is 0 Å². The van der Waals surface area contributed by atoms with E-state index < -0.39 is 5.60 Å². The van der Waals surface area contributed by atoms with Gasteiger partial charge >= 0.3 is 0 Å². The van der Waals surface area contributed by atoms with E-state index in [4.69, 9.17) is 9.47 Å². The van der Waals surface area contributed by atoms with Crippen LogP contribution in [0, 0.1) is 0 Å². The first-order valence-electron chi connectivity index (χ1n) is 8.95. The molecule has 9 heteroatoms. The number of ether oxygens (including phenoxy) is 2. The maximum atomic E-state index is 12.7. The molecule has 1 atom stereocenters. The molecular weight excluding hydrogens is 366 g/mol. The molecule has 3 heterocycles. The fourth-order valence-corrected chi connectivity index (χ4v) is 3.42. The minimum atomic E-state index is -0.854. The molecule has 8 nitrogen and oxygen atoms in total. The zero-order chi connectivity index (χ0) is 19.4. The van der Waals surface area contributed by atoms with E-state index in [-0.39, 0.29) is 12.0 Å². The number of nitrogens with zero attached hydrogens (tertiary/aromatic N) is 4. The summed E-state index contributed by atoms with van der Waals surface area (Å²) in [5, 5.41) is 13.1. The van der Waals surface area contributed by atoms with Gasteiger partial charge in [0.2, 0.25) is 5.13 Å². The van der Waals surface area contributed by atoms with E-state index in [0.717, 1.165) is 17.1 Å². The molecule has 0 aromatic carbocycles. The van der Waals surface area contributed by atoms with Gasteiger partial charge in [-0.2, -0.15) is 0 Å². The molecule has 146 valence electrons. The smallest absolute Gasteiger partial charge is 0.254 e. The molecule has 0 unspecified atom stereocenters. The molecule has 0 saturated carbocycles. The van der Waals surface area contributed by atoms with Crippen molar-refractivity contribution in [2.75, 3.05) is 32.1 Å². The van der Waals surface area contributed by atoms with Crippen LogP contribution in [0.1, 0.15) is 37.6 Å². The Morgan fingerprint density at radius 1 is 1.44 bits per heavy atom. The number of carbonyl (C=O) groups is 1. The maximum absolute atomic E-state index is 12.7. The lowest BCUT2D eigenvalue weighted by Crippen LogP contribution is -2.51. The summed E-state index contributed by atoms with van der Waals surface area (Å²) in [6.45, 7) is 7.04. The minimum absolute atomic E-state index is 0.0477. The molecular formula is C18H25N5O3S. The molecule has 0 radical (unpaired) electrons. The van der Waals surface area contributed by atoms with Gasteiger partial charge in [-0.1, -0.05) is 24.3 Å². The Morgan fingerprint density at radius 2 is 2.26 bits per heavy atom. The Balaban J connectivity index is 1.71. The van der Waals surface area contributed by atoms with Crippen molar-refractivity contribution in [3.8, 4) is 0 Å². The summed E-state index contributed by atoms with van der Waals surface area (Å²) in [6, 6.07) is 5.69. The number of hydrogen-bond donors (Lipinski definition) is 1. The Hall–Kier alpha value is -2.10. The molecule has 1 aliphatic heterocycles. The molecule has 3 rings (SSSR count). The van der Waals surface area contributed by atoms with E-state index >= 15 is 0 Å². The van der Waals surface area contributed by atoms with Crippen LogP contribution in [0.25, 0.3) is 0 Å². The third-order valence-corrected chi connectivity index (χ3v) is 5.47. The van der Waals surface area contributed by atoms with Crippen LogP contribution < -0.4 is 5.32 Å². The van der Waals surface area contributed by atoms with Gasteiger partial charge in [-0.05, 0) is 32.4 Å². The third-order valence-electron chi connectivity index (χ3n) is 4.48. The largest absolute Gasteiger partial charge is 0.369 e. The van der Waals surface area contributed by atoms with Crippen LogP contribution in [-0.2, 0) is 20.7 Å². The van der Waals surface area contributed by atoms with Gasteiger partial charge in [-0.15, -0.1) is 10.2 Å². The van der Waals surface area contributed by atoms with Gasteiger partial charge in [0.1, 0.15) is 22.5 Å². The van der Waals surface area contributed by atoms with E-state index in [0.29, 0.717) is 30.6 Å². The first kappa shape index (κ1) is 19.7. The molecule has 1 aliphatic rings. The SMILES string of the molecule is CCc1nnc(Nc2cccc([C@@H]3CN(C(=O)C(C)(C)OC)CCO3)n2)s1. The highest BCUT2D eigenvalue weighted by atomic mass is 32.1. The molecule has 2 aromatic rings. The van der Waals surface area contributed by atoms with Gasteiger partial charge in [-0.3, -0.25) is 4.79 Å². The van der Waals surface area contributed by atoms with E-state index in [9.17, 15) is 4.79 Å². The van der Waals surface area contributed by atoms with E-state index in [1.165, 1.54) is 11.3 Å². The Bertz CT molecular complexity index is 795. The van der Waals surface area contributed by atoms with Crippen LogP contribution >= 0.6 is 11.3 Å². The highest BCUT2D eigenvalue weighted by molar-refractivity contribution is 7.15. The lowest BCUT2D eigenvalue weighted by Gasteiger charge is -2.36. The number of hydrogen-bond acceptors (Lipinski definition) is 8. The minimum Gasteiger partial charge on any atom is -0.369 e. The van der Waals surface area contributed by atoms with E-state index in [1.54, 1.807) is 25.9 Å². The standard InChI is InChI=1S/C18H25N5O3S/c1-5-15-21-22-17(27-15)20-14-8-6-7-12(19-14)13-11-23(9-10-26-13)16(24)18(2,3)25-4/h6-8,13H,5,9-11H2,1-4H3,(H,19,20,22)/t13-/m0/s1. The number of pyridine rings is 1. The van der Waals surface area contributed by atoms with Crippen LogP contribution in [0.3, 0.4) is 0 Å². The average Bonchev–Trinajstić information content (AvgIpc) is 3.15. The summed E-state index contributed by atoms with van der Waals surface area (Å²) >= 11 is 1.51. The molecule has 1 amide bonds. The average molecular weight is 391 g/mol. The lowest BCUT2D eigenvalue weighted by molar-refractivity contribution is -0.158. The fourth-order valence-electron chi connectivity index (χ4n) is 2.74. The molecule has 1 N–H and O–H groups in total. The van der Waals surface area contributed by atoms with Crippen molar-refractivity contribution in [2.45, 2.75) is 38.9 Å². The number of nitrogens with one attached hydrogen (secondary N) is 1. The van der Waals surface area contributed by atoms with Gasteiger partial charge in [0, 0.05) is 13.7 Å². The Kier molecular flexibility index (Phi) is 6.03. The number of anilines is 2. The number of morpholine rings is 1. The summed E-state index contributed by atoms with van der Waals surface area (Å²) in [5.41, 5.74) is -0.0824. The number of carbonyl (C=O) groups excluding carboxylic acids is 1.